The minimum Gasteiger partial charge on any atom is -0.384 e. The second-order valence-corrected chi connectivity index (χ2v) is 4.32. The number of nitrogens with two attached hydrogens (primary N) is 1. The quantitative estimate of drug-likeness (QED) is 0.670. The van der Waals surface area contributed by atoms with Gasteiger partial charge in [0, 0.05) is 24.5 Å². The Kier molecular flexibility index (Phi) is 3.66. The van der Waals surface area contributed by atoms with Crippen LogP contribution in [0.1, 0.15) is 5.56 Å². The highest BCUT2D eigenvalue weighted by Crippen LogP contribution is 2.30. The van der Waals surface area contributed by atoms with Crippen LogP contribution in [0.3, 0.4) is 0 Å². The molecular formula is C13H12ClFN4. The predicted octanol–water partition coefficient (Wildman–Crippen LogP) is 2.93. The first-order chi connectivity index (χ1) is 9.00. The molecule has 0 atom stereocenters. The molecule has 0 unspecified atom stereocenters. The van der Waals surface area contributed by atoms with Crippen molar-refractivity contribution in [2.75, 3.05) is 11.9 Å². The van der Waals surface area contributed by atoms with Gasteiger partial charge in [0.1, 0.15) is 11.7 Å². The Balaban J connectivity index is 2.44. The molecule has 19 heavy (non-hydrogen) atoms. The van der Waals surface area contributed by atoms with E-state index in [0.717, 1.165) is 5.69 Å². The molecule has 6 heteroatoms. The van der Waals surface area contributed by atoms with E-state index in [-0.39, 0.29) is 11.7 Å². The van der Waals surface area contributed by atoms with Gasteiger partial charge in [0.2, 0.25) is 0 Å². The molecule has 0 aliphatic heterocycles. The smallest absolute Gasteiger partial charge is 0.152 e. The molecule has 1 aromatic heterocycles. The highest BCUT2D eigenvalue weighted by molar-refractivity contribution is 6.36. The molecule has 2 rings (SSSR count). The third kappa shape index (κ3) is 2.66. The lowest BCUT2D eigenvalue weighted by atomic mass is 10.2. The van der Waals surface area contributed by atoms with E-state index < -0.39 is 0 Å². The van der Waals surface area contributed by atoms with Gasteiger partial charge in [0.25, 0.3) is 0 Å². The minimum absolute atomic E-state index is 0.124. The molecule has 0 fully saturated rings. The molecule has 0 saturated heterocycles. The Morgan fingerprint density at radius 1 is 1.32 bits per heavy atom. The first-order valence-corrected chi connectivity index (χ1v) is 5.86. The third-order valence-corrected chi connectivity index (χ3v) is 3.07. The number of pyridine rings is 1. The van der Waals surface area contributed by atoms with Crippen LogP contribution in [-0.2, 0) is 0 Å². The predicted molar refractivity (Wildman–Crippen MR) is 74.7 cm³/mol. The van der Waals surface area contributed by atoms with Gasteiger partial charge in [-0.15, -0.1) is 0 Å². The molecule has 2 aromatic rings. The van der Waals surface area contributed by atoms with Gasteiger partial charge < -0.3 is 10.6 Å². The third-order valence-electron chi connectivity index (χ3n) is 2.69. The Morgan fingerprint density at radius 3 is 2.53 bits per heavy atom. The largest absolute Gasteiger partial charge is 0.384 e. The Hall–Kier alpha value is -2.14. The van der Waals surface area contributed by atoms with Gasteiger partial charge in [-0.3, -0.25) is 5.41 Å². The number of rotatable bonds is 3. The van der Waals surface area contributed by atoms with Crippen molar-refractivity contribution in [2.24, 2.45) is 5.73 Å². The van der Waals surface area contributed by atoms with Gasteiger partial charge in [-0.25, -0.2) is 9.37 Å². The van der Waals surface area contributed by atoms with E-state index in [1.54, 1.807) is 30.1 Å². The maximum atomic E-state index is 12.9. The fraction of sp³-hybridized carbons (Fsp3) is 0.0769. The molecule has 0 spiro atoms. The number of hydrogen-bond acceptors (Lipinski definition) is 3. The number of anilines is 2. The maximum Gasteiger partial charge on any atom is 0.152 e. The van der Waals surface area contributed by atoms with Gasteiger partial charge in [-0.05, 0) is 30.3 Å². The number of nitrogens with one attached hydrogen (secondary N) is 1. The summed E-state index contributed by atoms with van der Waals surface area (Å²) in [6.07, 6.45) is 1.53. The van der Waals surface area contributed by atoms with Crippen LogP contribution in [0.15, 0.2) is 36.5 Å². The van der Waals surface area contributed by atoms with Crippen LogP contribution in [0.5, 0.6) is 0 Å². The van der Waals surface area contributed by atoms with E-state index in [2.05, 4.69) is 4.98 Å². The van der Waals surface area contributed by atoms with E-state index in [1.165, 1.54) is 18.3 Å². The molecule has 4 nitrogen and oxygen atoms in total. The van der Waals surface area contributed by atoms with E-state index >= 15 is 0 Å². The number of aromatic nitrogens is 1. The average Bonchev–Trinajstić information content (AvgIpc) is 2.38. The van der Waals surface area contributed by atoms with E-state index in [9.17, 15) is 4.39 Å². The molecule has 0 radical (unpaired) electrons. The van der Waals surface area contributed by atoms with Gasteiger partial charge in [-0.2, -0.15) is 0 Å². The summed E-state index contributed by atoms with van der Waals surface area (Å²) in [7, 11) is 1.76. The second-order valence-electron chi connectivity index (χ2n) is 3.95. The van der Waals surface area contributed by atoms with E-state index in [1.807, 2.05) is 0 Å². The molecule has 0 aliphatic carbocycles. The molecule has 0 amide bonds. The topological polar surface area (TPSA) is 66.0 Å². The van der Waals surface area contributed by atoms with Crippen molar-refractivity contribution < 1.29 is 4.39 Å². The number of nitrogens with zero attached hydrogens (tertiary/aromatic N) is 2. The number of benzene rings is 1. The lowest BCUT2D eigenvalue weighted by Crippen LogP contribution is -2.16. The van der Waals surface area contributed by atoms with Crippen LogP contribution in [0.25, 0.3) is 0 Å². The summed E-state index contributed by atoms with van der Waals surface area (Å²) in [4.78, 5) is 5.87. The fourth-order valence-corrected chi connectivity index (χ4v) is 2.00. The van der Waals surface area contributed by atoms with Crippen LogP contribution in [-0.4, -0.2) is 17.9 Å². The zero-order valence-corrected chi connectivity index (χ0v) is 10.9. The SMILES string of the molecule is CN(c1ccc(F)cc1)c1nccc(C(=N)N)c1Cl. The van der Waals surface area contributed by atoms with Crippen molar-refractivity contribution in [1.82, 2.24) is 4.98 Å². The van der Waals surface area contributed by atoms with Crippen molar-refractivity contribution in [2.45, 2.75) is 0 Å². The van der Waals surface area contributed by atoms with Gasteiger partial charge in [0.05, 0.1) is 5.02 Å². The monoisotopic (exact) mass is 278 g/mol. The Morgan fingerprint density at radius 2 is 1.95 bits per heavy atom. The summed E-state index contributed by atoms with van der Waals surface area (Å²) in [5, 5.41) is 7.74. The molecule has 1 heterocycles. The van der Waals surface area contributed by atoms with Gasteiger partial charge >= 0.3 is 0 Å². The van der Waals surface area contributed by atoms with Crippen LogP contribution < -0.4 is 10.6 Å². The summed E-state index contributed by atoms with van der Waals surface area (Å²) in [5.74, 6) is 0.0239. The zero-order chi connectivity index (χ0) is 14.0. The molecule has 0 aliphatic rings. The van der Waals surface area contributed by atoms with Crippen LogP contribution in [0.4, 0.5) is 15.9 Å². The summed E-state index contributed by atoms with van der Waals surface area (Å²) in [6, 6.07) is 7.53. The van der Waals surface area contributed by atoms with Gasteiger partial charge in [0.15, 0.2) is 5.82 Å². The van der Waals surface area contributed by atoms with Gasteiger partial charge in [-0.1, -0.05) is 11.6 Å². The molecule has 0 saturated carbocycles. The standard InChI is InChI=1S/C13H12ClFN4/c1-19(9-4-2-8(15)3-5-9)13-11(14)10(12(16)17)6-7-18-13/h2-7H,1H3,(H3,16,17). The molecule has 98 valence electrons. The summed E-state index contributed by atoms with van der Waals surface area (Å²) in [6.45, 7) is 0. The summed E-state index contributed by atoms with van der Waals surface area (Å²) < 4.78 is 12.9. The first-order valence-electron chi connectivity index (χ1n) is 5.49. The first kappa shape index (κ1) is 13.3. The molecular weight excluding hydrogens is 267 g/mol. The van der Waals surface area contributed by atoms with E-state index in [4.69, 9.17) is 22.7 Å². The van der Waals surface area contributed by atoms with Crippen molar-refractivity contribution in [3.8, 4) is 0 Å². The summed E-state index contributed by atoms with van der Waals surface area (Å²) >= 11 is 6.18. The van der Waals surface area contributed by atoms with Crippen molar-refractivity contribution in [3.05, 3.63) is 52.9 Å². The fourth-order valence-electron chi connectivity index (χ4n) is 1.66. The summed E-state index contributed by atoms with van der Waals surface area (Å²) in [5.41, 5.74) is 6.60. The van der Waals surface area contributed by atoms with E-state index in [0.29, 0.717) is 16.4 Å². The van der Waals surface area contributed by atoms with Crippen LogP contribution in [0.2, 0.25) is 5.02 Å². The van der Waals surface area contributed by atoms with Crippen molar-refractivity contribution in [3.63, 3.8) is 0 Å². The zero-order valence-electron chi connectivity index (χ0n) is 10.2. The molecule has 0 bridgehead atoms. The number of nitrogen functional groups attached to an aromatic ring is 1. The second kappa shape index (κ2) is 5.24. The number of amidine groups is 1. The minimum atomic E-state index is -0.311. The Labute approximate surface area is 115 Å². The van der Waals surface area contributed by atoms with Crippen LogP contribution in [0, 0.1) is 11.2 Å². The number of halogens is 2. The Bertz CT molecular complexity index is 613. The maximum absolute atomic E-state index is 12.9. The average molecular weight is 279 g/mol. The van der Waals surface area contributed by atoms with Crippen LogP contribution >= 0.6 is 11.6 Å². The lowest BCUT2D eigenvalue weighted by molar-refractivity contribution is 0.628. The highest BCUT2D eigenvalue weighted by Gasteiger charge is 2.14. The van der Waals surface area contributed by atoms with Crippen molar-refractivity contribution in [1.29, 1.82) is 5.41 Å². The van der Waals surface area contributed by atoms with Crippen molar-refractivity contribution >= 4 is 28.9 Å². The normalized spacial score (nSPS) is 10.3. The lowest BCUT2D eigenvalue weighted by Gasteiger charge is -2.20. The highest BCUT2D eigenvalue weighted by atomic mass is 35.5. The number of hydrogen-bond donors (Lipinski definition) is 2. The molecule has 1 aromatic carbocycles. The molecule has 3 N–H and O–H groups in total.